The fourth-order valence-electron chi connectivity index (χ4n) is 1.55. The zero-order chi connectivity index (χ0) is 14.7. The summed E-state index contributed by atoms with van der Waals surface area (Å²) in [6, 6.07) is -0.904. The maximum absolute atomic E-state index is 10.7. The molecule has 0 saturated carbocycles. The second-order valence-electron chi connectivity index (χ2n) is 4.07. The summed E-state index contributed by atoms with van der Waals surface area (Å²) < 4.78 is 0. The molecule has 0 spiro atoms. The predicted octanol–water partition coefficient (Wildman–Crippen LogP) is -3.37. The van der Waals surface area contributed by atoms with Crippen molar-refractivity contribution < 1.29 is 40.2 Å². The molecule has 0 aromatic rings. The summed E-state index contributed by atoms with van der Waals surface area (Å²) in [5.41, 5.74) is 0. The molecule has 0 bridgehead atoms. The maximum Gasteiger partial charge on any atom is 0.335 e. The van der Waals surface area contributed by atoms with Crippen LogP contribution in [0.2, 0.25) is 0 Å². The van der Waals surface area contributed by atoms with Gasteiger partial charge in [-0.3, -0.25) is 10.1 Å². The number of aliphatic hydroxyl groups excluding tert-OH is 4. The summed E-state index contributed by atoms with van der Waals surface area (Å²) in [5.74, 6) is -2.71. The van der Waals surface area contributed by atoms with Gasteiger partial charge in [-0.2, -0.15) is 0 Å². The summed E-state index contributed by atoms with van der Waals surface area (Å²) >= 11 is 1.01. The minimum Gasteiger partial charge on any atom is -0.480 e. The Morgan fingerprint density at radius 2 is 1.68 bits per heavy atom. The minimum atomic E-state index is -2.24. The van der Waals surface area contributed by atoms with Gasteiger partial charge in [-0.25, -0.2) is 4.79 Å². The first kappa shape index (κ1) is 16.1. The van der Waals surface area contributed by atoms with Crippen LogP contribution in [-0.2, 0) is 9.59 Å². The van der Waals surface area contributed by atoms with E-state index >= 15 is 0 Å². The van der Waals surface area contributed by atoms with E-state index < -0.39 is 47.8 Å². The Hall–Kier alpha value is -0.910. The van der Waals surface area contributed by atoms with Gasteiger partial charge in [-0.15, -0.1) is 11.8 Å². The molecule has 1 aliphatic rings. The Morgan fingerprint density at radius 1 is 1.11 bits per heavy atom. The average Bonchev–Trinajstić information content (AvgIpc) is 2.84. The molecule has 19 heavy (non-hydrogen) atoms. The van der Waals surface area contributed by atoms with E-state index in [4.69, 9.17) is 15.3 Å². The third kappa shape index (κ3) is 3.78. The quantitative estimate of drug-likeness (QED) is 0.263. The smallest absolute Gasteiger partial charge is 0.335 e. The highest BCUT2D eigenvalue weighted by Crippen LogP contribution is 2.24. The molecule has 0 radical (unpaired) electrons. The van der Waals surface area contributed by atoms with E-state index in [0.29, 0.717) is 0 Å². The highest BCUT2D eigenvalue weighted by Gasteiger charge is 2.41. The van der Waals surface area contributed by atoms with E-state index in [2.05, 4.69) is 5.32 Å². The van der Waals surface area contributed by atoms with Crippen LogP contribution in [0.3, 0.4) is 0 Å². The lowest BCUT2D eigenvalue weighted by Gasteiger charge is -2.28. The van der Waals surface area contributed by atoms with Crippen molar-refractivity contribution in [3.05, 3.63) is 0 Å². The maximum atomic E-state index is 10.7. The van der Waals surface area contributed by atoms with E-state index in [1.807, 2.05) is 0 Å². The van der Waals surface area contributed by atoms with Gasteiger partial charge in [0, 0.05) is 5.75 Å². The molecule has 0 aromatic carbocycles. The van der Waals surface area contributed by atoms with Crippen LogP contribution in [-0.4, -0.2) is 84.2 Å². The van der Waals surface area contributed by atoms with Gasteiger partial charge in [0.05, 0.1) is 5.37 Å². The van der Waals surface area contributed by atoms with Crippen molar-refractivity contribution in [2.45, 2.75) is 35.8 Å². The van der Waals surface area contributed by atoms with Gasteiger partial charge in [0.1, 0.15) is 24.4 Å². The first-order valence-electron chi connectivity index (χ1n) is 5.31. The fraction of sp³-hybridized carbons (Fsp3) is 0.778. The molecule has 1 fully saturated rings. The predicted molar refractivity (Wildman–Crippen MR) is 62.5 cm³/mol. The molecule has 10 heteroatoms. The molecule has 1 saturated heterocycles. The van der Waals surface area contributed by atoms with Crippen LogP contribution in [0.5, 0.6) is 0 Å². The number of carboxylic acid groups (broad SMARTS) is 2. The SMILES string of the molecule is O=C(O)[C@@H]1CS[C@@H]([C@@H](O)[C@H](O)[C@H](O)[C@H](O)C(=O)O)N1. The van der Waals surface area contributed by atoms with Crippen molar-refractivity contribution in [2.75, 3.05) is 5.75 Å². The minimum absolute atomic E-state index is 0.154. The summed E-state index contributed by atoms with van der Waals surface area (Å²) in [6.07, 6.45) is -7.88. The van der Waals surface area contributed by atoms with Gasteiger partial charge in [-0.1, -0.05) is 0 Å². The second kappa shape index (κ2) is 6.50. The Labute approximate surface area is 111 Å². The summed E-state index contributed by atoms with van der Waals surface area (Å²) in [6.45, 7) is 0. The lowest BCUT2D eigenvalue weighted by molar-refractivity contribution is -0.162. The molecule has 1 heterocycles. The van der Waals surface area contributed by atoms with Gasteiger partial charge in [0.15, 0.2) is 6.10 Å². The molecule has 0 amide bonds. The van der Waals surface area contributed by atoms with Crippen LogP contribution >= 0.6 is 11.8 Å². The Morgan fingerprint density at radius 3 is 2.11 bits per heavy atom. The number of rotatable bonds is 6. The Bertz CT molecular complexity index is 353. The largest absolute Gasteiger partial charge is 0.480 e. The van der Waals surface area contributed by atoms with Crippen LogP contribution in [0, 0.1) is 0 Å². The van der Waals surface area contributed by atoms with Gasteiger partial charge < -0.3 is 30.6 Å². The second-order valence-corrected chi connectivity index (χ2v) is 5.24. The molecule has 0 aliphatic carbocycles. The van der Waals surface area contributed by atoms with E-state index in [-0.39, 0.29) is 5.75 Å². The number of nitrogens with one attached hydrogen (secondary N) is 1. The molecule has 9 nitrogen and oxygen atoms in total. The van der Waals surface area contributed by atoms with E-state index in [9.17, 15) is 24.9 Å². The number of thioether (sulfide) groups is 1. The highest BCUT2D eigenvalue weighted by molar-refractivity contribution is 8.00. The third-order valence-electron chi connectivity index (χ3n) is 2.69. The lowest BCUT2D eigenvalue weighted by Crippen LogP contribution is -2.53. The zero-order valence-corrected chi connectivity index (χ0v) is 10.4. The van der Waals surface area contributed by atoms with Crippen molar-refractivity contribution >= 4 is 23.7 Å². The van der Waals surface area contributed by atoms with Crippen molar-refractivity contribution in [1.82, 2.24) is 5.32 Å². The number of aliphatic carboxylic acids is 2. The normalized spacial score (nSPS) is 29.5. The van der Waals surface area contributed by atoms with Crippen molar-refractivity contribution in [3.8, 4) is 0 Å². The third-order valence-corrected chi connectivity index (χ3v) is 3.99. The number of hydrogen-bond acceptors (Lipinski definition) is 8. The molecule has 1 rings (SSSR count). The van der Waals surface area contributed by atoms with E-state index in [1.165, 1.54) is 0 Å². The molecule has 6 atom stereocenters. The molecule has 7 N–H and O–H groups in total. The fourth-order valence-corrected chi connectivity index (χ4v) is 2.81. The molecule has 0 unspecified atom stereocenters. The molecular weight excluding hydrogens is 282 g/mol. The topological polar surface area (TPSA) is 168 Å². The Kier molecular flexibility index (Phi) is 5.52. The van der Waals surface area contributed by atoms with Crippen LogP contribution in [0.15, 0.2) is 0 Å². The van der Waals surface area contributed by atoms with Crippen LogP contribution in [0.1, 0.15) is 0 Å². The monoisotopic (exact) mass is 297 g/mol. The van der Waals surface area contributed by atoms with Crippen molar-refractivity contribution in [2.24, 2.45) is 0 Å². The summed E-state index contributed by atoms with van der Waals surface area (Å²) in [4.78, 5) is 21.1. The number of aliphatic hydroxyl groups is 4. The summed E-state index contributed by atoms with van der Waals surface area (Å²) in [7, 11) is 0. The van der Waals surface area contributed by atoms with Crippen LogP contribution < -0.4 is 5.32 Å². The lowest BCUT2D eigenvalue weighted by atomic mass is 10.0. The Balaban J connectivity index is 2.60. The zero-order valence-electron chi connectivity index (χ0n) is 9.58. The number of carboxylic acids is 2. The van der Waals surface area contributed by atoms with Crippen molar-refractivity contribution in [1.29, 1.82) is 0 Å². The van der Waals surface area contributed by atoms with Crippen LogP contribution in [0.25, 0.3) is 0 Å². The van der Waals surface area contributed by atoms with Crippen LogP contribution in [0.4, 0.5) is 0 Å². The van der Waals surface area contributed by atoms with E-state index in [0.717, 1.165) is 11.8 Å². The van der Waals surface area contributed by atoms with Crippen molar-refractivity contribution in [3.63, 3.8) is 0 Å². The first-order valence-corrected chi connectivity index (χ1v) is 6.36. The highest BCUT2D eigenvalue weighted by atomic mass is 32.2. The molecule has 0 aromatic heterocycles. The molecule has 110 valence electrons. The van der Waals surface area contributed by atoms with E-state index in [1.54, 1.807) is 0 Å². The molecular formula is C9H15NO8S. The van der Waals surface area contributed by atoms with Gasteiger partial charge in [-0.05, 0) is 0 Å². The first-order chi connectivity index (χ1) is 8.75. The van der Waals surface area contributed by atoms with Gasteiger partial charge in [0.25, 0.3) is 0 Å². The number of carbonyl (C=O) groups is 2. The number of hydrogen-bond donors (Lipinski definition) is 7. The average molecular weight is 297 g/mol. The molecule has 1 aliphatic heterocycles. The van der Waals surface area contributed by atoms with Gasteiger partial charge >= 0.3 is 11.9 Å². The standard InChI is InChI=1S/C9H15NO8S/c11-3(4(12)6(14)9(17)18)5(13)7-10-2(1-19-7)8(15)16/h2-7,10-14H,1H2,(H,15,16)(H,17,18)/t2-,3+,4-,5-,6-,7-/m0/s1. The van der Waals surface area contributed by atoms with Gasteiger partial charge in [0.2, 0.25) is 0 Å². The summed E-state index contributed by atoms with van der Waals surface area (Å²) in [5, 5.41) is 56.5.